The molecule has 1 rings (SSSR count). The number of anilines is 1. The highest BCUT2D eigenvalue weighted by Gasteiger charge is 2.19. The smallest absolute Gasteiger partial charge is 0.325 e. The zero-order chi connectivity index (χ0) is 15.0. The zero-order valence-corrected chi connectivity index (χ0v) is 12.1. The number of carbonyl (C=O) groups excluding carboxylic acids is 2. The minimum Gasteiger partial charge on any atom is -0.468 e. The van der Waals surface area contributed by atoms with E-state index in [4.69, 9.17) is 0 Å². The second kappa shape index (κ2) is 8.08. The number of rotatable bonds is 7. The third kappa shape index (κ3) is 4.83. The van der Waals surface area contributed by atoms with Gasteiger partial charge in [-0.1, -0.05) is 6.92 Å². The number of ether oxygens (including phenoxy) is 1. The van der Waals surface area contributed by atoms with E-state index in [1.54, 1.807) is 30.4 Å². The van der Waals surface area contributed by atoms with Crippen molar-refractivity contribution in [1.82, 2.24) is 14.9 Å². The van der Waals surface area contributed by atoms with Crippen molar-refractivity contribution in [1.29, 1.82) is 0 Å². The lowest BCUT2D eigenvalue weighted by atomic mass is 10.3. The summed E-state index contributed by atoms with van der Waals surface area (Å²) in [6.45, 7) is 2.53. The molecule has 0 atom stereocenters. The predicted molar refractivity (Wildman–Crippen MR) is 74.2 cm³/mol. The van der Waals surface area contributed by atoms with Gasteiger partial charge in [-0.3, -0.25) is 9.59 Å². The summed E-state index contributed by atoms with van der Waals surface area (Å²) in [5, 5.41) is 0. The van der Waals surface area contributed by atoms with Crippen molar-refractivity contribution in [3.05, 3.63) is 18.5 Å². The van der Waals surface area contributed by atoms with Gasteiger partial charge in [-0.2, -0.15) is 0 Å². The Hall–Kier alpha value is -2.18. The van der Waals surface area contributed by atoms with E-state index in [-0.39, 0.29) is 19.0 Å². The number of methoxy groups -OCH3 is 1. The summed E-state index contributed by atoms with van der Waals surface area (Å²) in [6, 6.07) is 1.71. The number of likely N-dealkylation sites (N-methyl/N-ethyl adjacent to an activating group) is 1. The van der Waals surface area contributed by atoms with Crippen LogP contribution in [0.2, 0.25) is 0 Å². The summed E-state index contributed by atoms with van der Waals surface area (Å²) >= 11 is 0. The molecule has 1 aromatic rings. The van der Waals surface area contributed by atoms with Crippen LogP contribution in [-0.4, -0.2) is 60.5 Å². The van der Waals surface area contributed by atoms with Crippen molar-refractivity contribution in [3.8, 4) is 0 Å². The molecule has 7 nitrogen and oxygen atoms in total. The molecule has 0 unspecified atom stereocenters. The van der Waals surface area contributed by atoms with E-state index in [1.165, 1.54) is 12.0 Å². The largest absolute Gasteiger partial charge is 0.468 e. The Balaban J connectivity index is 2.63. The topological polar surface area (TPSA) is 75.6 Å². The van der Waals surface area contributed by atoms with Crippen LogP contribution in [0.1, 0.15) is 13.3 Å². The van der Waals surface area contributed by atoms with Gasteiger partial charge in [0, 0.05) is 26.0 Å². The molecule has 1 amide bonds. The maximum absolute atomic E-state index is 12.2. The molecule has 0 radical (unpaired) electrons. The fourth-order valence-electron chi connectivity index (χ4n) is 1.64. The summed E-state index contributed by atoms with van der Waals surface area (Å²) in [7, 11) is 3.04. The minimum absolute atomic E-state index is 0.0351. The van der Waals surface area contributed by atoms with Gasteiger partial charge in [0.15, 0.2) is 0 Å². The molecule has 0 aliphatic heterocycles. The van der Waals surface area contributed by atoms with Crippen molar-refractivity contribution in [2.75, 3.05) is 38.7 Å². The summed E-state index contributed by atoms with van der Waals surface area (Å²) in [6.07, 6.45) is 4.00. The monoisotopic (exact) mass is 280 g/mol. The van der Waals surface area contributed by atoms with Crippen LogP contribution in [0, 0.1) is 0 Å². The molecule has 0 aliphatic carbocycles. The molecular weight excluding hydrogens is 260 g/mol. The number of nitrogens with zero attached hydrogens (tertiary/aromatic N) is 4. The maximum Gasteiger partial charge on any atom is 0.325 e. The number of hydrogen-bond acceptors (Lipinski definition) is 6. The Bertz CT molecular complexity index is 439. The highest BCUT2D eigenvalue weighted by Crippen LogP contribution is 2.03. The molecule has 0 saturated heterocycles. The Kier molecular flexibility index (Phi) is 6.42. The second-order valence-electron chi connectivity index (χ2n) is 4.30. The van der Waals surface area contributed by atoms with Gasteiger partial charge in [-0.05, 0) is 12.5 Å². The quantitative estimate of drug-likeness (QED) is 0.670. The number of hydrogen-bond donors (Lipinski definition) is 0. The molecule has 0 aliphatic rings. The summed E-state index contributed by atoms with van der Waals surface area (Å²) < 4.78 is 4.60. The lowest BCUT2D eigenvalue weighted by molar-refractivity contribution is -0.146. The number of amides is 1. The third-order valence-electron chi connectivity index (χ3n) is 2.66. The Morgan fingerprint density at radius 2 is 1.90 bits per heavy atom. The van der Waals surface area contributed by atoms with Gasteiger partial charge >= 0.3 is 5.97 Å². The van der Waals surface area contributed by atoms with Crippen LogP contribution in [0.15, 0.2) is 18.5 Å². The van der Waals surface area contributed by atoms with Crippen molar-refractivity contribution in [2.24, 2.45) is 0 Å². The molecule has 0 bridgehead atoms. The third-order valence-corrected chi connectivity index (χ3v) is 2.66. The first-order valence-corrected chi connectivity index (χ1v) is 6.41. The highest BCUT2D eigenvalue weighted by atomic mass is 16.5. The van der Waals surface area contributed by atoms with Gasteiger partial charge in [0.1, 0.15) is 6.54 Å². The average Bonchev–Trinajstić information content (AvgIpc) is 2.47. The van der Waals surface area contributed by atoms with E-state index < -0.39 is 5.97 Å². The lowest BCUT2D eigenvalue weighted by Gasteiger charge is -2.24. The first-order valence-electron chi connectivity index (χ1n) is 6.41. The summed E-state index contributed by atoms with van der Waals surface area (Å²) in [5.74, 6) is -0.118. The molecule has 7 heteroatoms. The van der Waals surface area contributed by atoms with Gasteiger partial charge in [-0.15, -0.1) is 0 Å². The first kappa shape index (κ1) is 15.9. The van der Waals surface area contributed by atoms with Crippen LogP contribution in [0.5, 0.6) is 0 Å². The normalized spacial score (nSPS) is 9.95. The van der Waals surface area contributed by atoms with E-state index in [9.17, 15) is 9.59 Å². The van der Waals surface area contributed by atoms with Gasteiger partial charge < -0.3 is 14.5 Å². The number of carbonyl (C=O) groups is 2. The van der Waals surface area contributed by atoms with Gasteiger partial charge in [-0.25, -0.2) is 9.97 Å². The Morgan fingerprint density at radius 1 is 1.25 bits per heavy atom. The summed E-state index contributed by atoms with van der Waals surface area (Å²) in [4.78, 5) is 34.7. The van der Waals surface area contributed by atoms with Crippen LogP contribution in [0.3, 0.4) is 0 Å². The van der Waals surface area contributed by atoms with Crippen LogP contribution < -0.4 is 4.90 Å². The standard InChI is InChI=1S/C13H20N4O3/c1-4-8-17(10-12(19)20-3)11(18)9-16(2)13-14-6-5-7-15-13/h5-7H,4,8-10H2,1-3H3. The molecule has 1 heterocycles. The van der Waals surface area contributed by atoms with Crippen LogP contribution in [-0.2, 0) is 14.3 Å². The molecule has 110 valence electrons. The lowest BCUT2D eigenvalue weighted by Crippen LogP contribution is -2.42. The molecule has 1 aromatic heterocycles. The molecular formula is C13H20N4O3. The predicted octanol–water partition coefficient (Wildman–Crippen LogP) is 0.324. The van der Waals surface area contributed by atoms with Crippen LogP contribution >= 0.6 is 0 Å². The highest BCUT2D eigenvalue weighted by molar-refractivity contribution is 5.84. The maximum atomic E-state index is 12.2. The van der Waals surface area contributed by atoms with Crippen LogP contribution in [0.4, 0.5) is 5.95 Å². The van der Waals surface area contributed by atoms with E-state index in [0.29, 0.717) is 12.5 Å². The van der Waals surface area contributed by atoms with Crippen molar-refractivity contribution in [3.63, 3.8) is 0 Å². The van der Waals surface area contributed by atoms with E-state index in [0.717, 1.165) is 6.42 Å². The van der Waals surface area contributed by atoms with Crippen LogP contribution in [0.25, 0.3) is 0 Å². The van der Waals surface area contributed by atoms with Gasteiger partial charge in [0.25, 0.3) is 0 Å². The molecule has 0 saturated carbocycles. The second-order valence-corrected chi connectivity index (χ2v) is 4.30. The Morgan fingerprint density at radius 3 is 2.45 bits per heavy atom. The zero-order valence-electron chi connectivity index (χ0n) is 12.1. The number of esters is 1. The number of aromatic nitrogens is 2. The molecule has 0 aromatic carbocycles. The van der Waals surface area contributed by atoms with Gasteiger partial charge in [0.2, 0.25) is 11.9 Å². The van der Waals surface area contributed by atoms with Crippen molar-refractivity contribution >= 4 is 17.8 Å². The minimum atomic E-state index is -0.426. The van der Waals surface area contributed by atoms with E-state index in [2.05, 4.69) is 14.7 Å². The SMILES string of the molecule is CCCN(CC(=O)OC)C(=O)CN(C)c1ncccn1. The molecule has 20 heavy (non-hydrogen) atoms. The van der Waals surface area contributed by atoms with Gasteiger partial charge in [0.05, 0.1) is 13.7 Å². The average molecular weight is 280 g/mol. The van der Waals surface area contributed by atoms with Crippen molar-refractivity contribution < 1.29 is 14.3 Å². The first-order chi connectivity index (χ1) is 9.58. The fraction of sp³-hybridized carbons (Fsp3) is 0.538. The summed E-state index contributed by atoms with van der Waals surface area (Å²) in [5.41, 5.74) is 0. The molecule has 0 N–H and O–H groups in total. The van der Waals surface area contributed by atoms with Crippen molar-refractivity contribution in [2.45, 2.75) is 13.3 Å². The van der Waals surface area contributed by atoms with E-state index >= 15 is 0 Å². The Labute approximate surface area is 118 Å². The van der Waals surface area contributed by atoms with E-state index in [1.807, 2.05) is 6.92 Å². The fourth-order valence-corrected chi connectivity index (χ4v) is 1.64. The molecule has 0 fully saturated rings. The molecule has 0 spiro atoms.